The Kier molecular flexibility index (Phi) is 9.92. The molecule has 1 aliphatic carbocycles. The molecular formula is C45H48N4O8. The van der Waals surface area contributed by atoms with Crippen molar-refractivity contribution in [3.8, 4) is 51.7 Å². The summed E-state index contributed by atoms with van der Waals surface area (Å²) in [4.78, 5) is 18.1. The molecule has 4 aromatic rings. The van der Waals surface area contributed by atoms with Gasteiger partial charge in [0.1, 0.15) is 24.1 Å². The SMILES string of the molecule is C=CCN1[C@@H]2c3c(O)c(OC)c(C)c(OC)c3C[C@H]1[C@H](C#N)N1[C@@H](CNC(=O)OCC3c4ccccc4-c4ccccc43)c3c(O)c(OC)c(C)c(OC)c3C[C@@H]21. The van der Waals surface area contributed by atoms with Crippen molar-refractivity contribution < 1.29 is 38.7 Å². The van der Waals surface area contributed by atoms with E-state index >= 15 is 0 Å². The van der Waals surface area contributed by atoms with E-state index in [1.54, 1.807) is 14.2 Å². The highest BCUT2D eigenvalue weighted by Gasteiger charge is 2.57. The van der Waals surface area contributed by atoms with Crippen LogP contribution in [0.2, 0.25) is 0 Å². The van der Waals surface area contributed by atoms with Crippen molar-refractivity contribution in [1.29, 1.82) is 5.26 Å². The second kappa shape index (κ2) is 14.9. The van der Waals surface area contributed by atoms with Gasteiger partial charge in [-0.2, -0.15) is 5.26 Å². The molecular weight excluding hydrogens is 725 g/mol. The summed E-state index contributed by atoms with van der Waals surface area (Å²) in [6.07, 6.45) is 1.90. The van der Waals surface area contributed by atoms with E-state index in [2.05, 4.69) is 52.0 Å². The lowest BCUT2D eigenvalue weighted by Gasteiger charge is -2.60. The minimum Gasteiger partial charge on any atom is -0.504 e. The van der Waals surface area contributed by atoms with E-state index in [1.165, 1.54) is 14.2 Å². The van der Waals surface area contributed by atoms with E-state index in [-0.39, 0.29) is 42.4 Å². The molecule has 3 aliphatic heterocycles. The fourth-order valence-corrected chi connectivity index (χ4v) is 10.5. The van der Waals surface area contributed by atoms with Gasteiger partial charge in [-0.05, 0) is 48.9 Å². The Morgan fingerprint density at radius 3 is 1.91 bits per heavy atom. The first-order valence-electron chi connectivity index (χ1n) is 19.2. The predicted molar refractivity (Wildman–Crippen MR) is 214 cm³/mol. The first-order chi connectivity index (χ1) is 27.6. The lowest BCUT2D eigenvalue weighted by molar-refractivity contribution is -0.0794. The Morgan fingerprint density at radius 2 is 1.37 bits per heavy atom. The molecule has 2 bridgehead atoms. The number of methoxy groups -OCH3 is 4. The van der Waals surface area contributed by atoms with Crippen LogP contribution in [0.3, 0.4) is 0 Å². The van der Waals surface area contributed by atoms with E-state index in [4.69, 9.17) is 23.7 Å². The summed E-state index contributed by atoms with van der Waals surface area (Å²) in [5.74, 6) is 1.52. The molecule has 1 saturated heterocycles. The van der Waals surface area contributed by atoms with Crippen LogP contribution >= 0.6 is 0 Å². The van der Waals surface area contributed by atoms with Crippen molar-refractivity contribution in [2.45, 2.75) is 62.8 Å². The predicted octanol–water partition coefficient (Wildman–Crippen LogP) is 6.62. The lowest BCUT2D eigenvalue weighted by Crippen LogP contribution is -2.69. The molecule has 12 nitrogen and oxygen atoms in total. The minimum atomic E-state index is -0.735. The Bertz CT molecular complexity index is 2270. The van der Waals surface area contributed by atoms with Gasteiger partial charge in [-0.25, -0.2) is 4.79 Å². The van der Waals surface area contributed by atoms with Crippen molar-refractivity contribution in [2.75, 3.05) is 48.1 Å². The molecule has 296 valence electrons. The van der Waals surface area contributed by atoms with Gasteiger partial charge in [-0.15, -0.1) is 6.58 Å². The standard InChI is InChI=1S/C45H48N4O8/c1-8-17-48-32-18-30-37(40(51)44(56-7)24(3)42(30)54-5)38(48)33-19-29-36(39(50)43(55-6)23(2)41(29)53-4)35(49(33)34(32)20-46)21-47-45(52)57-22-31-27-15-11-9-13-25(27)26-14-10-12-16-28(26)31/h8-16,31-35,38,50-51H,1,17-19,21-22H2,2-7H3,(H,47,52)/t32-,33-,34-,35-,38-/m0/s1. The third kappa shape index (κ3) is 5.66. The third-order valence-corrected chi connectivity index (χ3v) is 12.6. The summed E-state index contributed by atoms with van der Waals surface area (Å²) in [7, 11) is 6.19. The van der Waals surface area contributed by atoms with E-state index in [0.717, 1.165) is 33.4 Å². The number of alkyl carbamates (subject to hydrolysis) is 1. The highest BCUT2D eigenvalue weighted by molar-refractivity contribution is 5.79. The minimum absolute atomic E-state index is 0.0123. The molecule has 12 heteroatoms. The Hall–Kier alpha value is -5.90. The third-order valence-electron chi connectivity index (χ3n) is 12.6. The van der Waals surface area contributed by atoms with E-state index < -0.39 is 30.3 Å². The van der Waals surface area contributed by atoms with Gasteiger partial charge in [0.05, 0.1) is 46.6 Å². The number of phenols is 2. The second-order valence-electron chi connectivity index (χ2n) is 15.1. The highest BCUT2D eigenvalue weighted by Crippen LogP contribution is 2.59. The Balaban J connectivity index is 1.22. The Labute approximate surface area is 332 Å². The molecule has 0 aromatic heterocycles. The van der Waals surface area contributed by atoms with Gasteiger partial charge in [0.2, 0.25) is 0 Å². The molecule has 0 unspecified atom stereocenters. The van der Waals surface area contributed by atoms with Gasteiger partial charge in [-0.1, -0.05) is 54.6 Å². The largest absolute Gasteiger partial charge is 0.504 e. The van der Waals surface area contributed by atoms with Crippen LogP contribution in [0.15, 0.2) is 61.2 Å². The van der Waals surface area contributed by atoms with Crippen LogP contribution in [-0.2, 0) is 17.6 Å². The summed E-state index contributed by atoms with van der Waals surface area (Å²) < 4.78 is 29.5. The number of amides is 1. The maximum absolute atomic E-state index is 13.8. The zero-order valence-electron chi connectivity index (χ0n) is 33.1. The number of carbonyl (C=O) groups is 1. The number of hydrogen-bond donors (Lipinski definition) is 3. The zero-order valence-corrected chi connectivity index (χ0v) is 33.1. The molecule has 3 N–H and O–H groups in total. The van der Waals surface area contributed by atoms with Crippen LogP contribution < -0.4 is 24.3 Å². The quantitative estimate of drug-likeness (QED) is 0.150. The van der Waals surface area contributed by atoms with E-state index in [0.29, 0.717) is 58.9 Å². The van der Waals surface area contributed by atoms with Gasteiger partial charge in [0, 0.05) is 64.5 Å². The summed E-state index contributed by atoms with van der Waals surface area (Å²) in [6, 6.07) is 16.1. The van der Waals surface area contributed by atoms with Crippen molar-refractivity contribution in [3.63, 3.8) is 0 Å². The number of phenolic OH excluding ortho intramolecular Hbond substituents is 2. The number of benzene rings is 4. The van der Waals surface area contributed by atoms with Crippen LogP contribution in [0.5, 0.6) is 34.5 Å². The van der Waals surface area contributed by atoms with Crippen LogP contribution in [0.4, 0.5) is 4.79 Å². The Morgan fingerprint density at radius 1 is 0.842 bits per heavy atom. The van der Waals surface area contributed by atoms with Gasteiger partial charge in [0.15, 0.2) is 23.0 Å². The van der Waals surface area contributed by atoms with E-state index in [1.807, 2.05) is 44.2 Å². The number of nitrogens with zero attached hydrogens (tertiary/aromatic N) is 3. The molecule has 0 saturated carbocycles. The molecule has 5 atom stereocenters. The number of carbonyl (C=O) groups excluding carboxylic acids is 1. The molecule has 1 fully saturated rings. The molecule has 57 heavy (non-hydrogen) atoms. The first-order valence-corrected chi connectivity index (χ1v) is 19.2. The smallest absolute Gasteiger partial charge is 0.407 e. The fourth-order valence-electron chi connectivity index (χ4n) is 10.5. The number of fused-ring (bicyclic) bond motifs is 10. The highest BCUT2D eigenvalue weighted by atomic mass is 16.5. The summed E-state index contributed by atoms with van der Waals surface area (Å²) in [5.41, 5.74) is 8.44. The van der Waals surface area contributed by atoms with Gasteiger partial charge >= 0.3 is 6.09 Å². The second-order valence-corrected chi connectivity index (χ2v) is 15.1. The monoisotopic (exact) mass is 772 g/mol. The van der Waals surface area contributed by atoms with Gasteiger partial charge in [-0.3, -0.25) is 9.80 Å². The van der Waals surface area contributed by atoms with Crippen LogP contribution in [0, 0.1) is 25.2 Å². The normalized spacial score (nSPS) is 21.8. The number of nitriles is 1. The molecule has 3 heterocycles. The molecule has 0 spiro atoms. The average molecular weight is 773 g/mol. The van der Waals surface area contributed by atoms with Crippen molar-refractivity contribution in [2.24, 2.45) is 0 Å². The number of ether oxygens (including phenoxy) is 5. The van der Waals surface area contributed by atoms with Gasteiger partial charge in [0.25, 0.3) is 0 Å². The number of piperazine rings is 1. The van der Waals surface area contributed by atoms with Gasteiger partial charge < -0.3 is 39.2 Å². The molecule has 4 aliphatic rings. The van der Waals surface area contributed by atoms with Crippen molar-refractivity contribution in [1.82, 2.24) is 15.1 Å². The number of nitrogens with one attached hydrogen (secondary N) is 1. The maximum atomic E-state index is 13.8. The molecule has 1 amide bonds. The topological polar surface area (TPSA) is 146 Å². The average Bonchev–Trinajstić information content (AvgIpc) is 3.53. The molecule has 4 aromatic carbocycles. The molecule has 0 radical (unpaired) electrons. The number of aromatic hydroxyl groups is 2. The summed E-state index contributed by atoms with van der Waals surface area (Å²) >= 11 is 0. The maximum Gasteiger partial charge on any atom is 0.407 e. The van der Waals surface area contributed by atoms with Crippen LogP contribution in [-0.4, -0.2) is 92.4 Å². The lowest BCUT2D eigenvalue weighted by atomic mass is 9.71. The molecule has 8 rings (SSSR count). The summed E-state index contributed by atoms with van der Waals surface area (Å²) in [6.45, 7) is 8.29. The summed E-state index contributed by atoms with van der Waals surface area (Å²) in [5, 5.41) is 38.2. The van der Waals surface area contributed by atoms with E-state index in [9.17, 15) is 20.3 Å². The van der Waals surface area contributed by atoms with Crippen molar-refractivity contribution in [3.05, 3.63) is 106 Å². The van der Waals surface area contributed by atoms with Crippen molar-refractivity contribution >= 4 is 6.09 Å². The fraction of sp³-hybridized carbons (Fsp3) is 0.378. The zero-order chi connectivity index (χ0) is 40.3. The van der Waals surface area contributed by atoms with Crippen LogP contribution in [0.1, 0.15) is 62.5 Å². The number of rotatable bonds is 10. The van der Waals surface area contributed by atoms with Crippen LogP contribution in [0.25, 0.3) is 11.1 Å². The first kappa shape index (κ1) is 38.0. The number of hydrogen-bond acceptors (Lipinski definition) is 11.